The van der Waals surface area contributed by atoms with E-state index in [1.807, 2.05) is 7.05 Å². The van der Waals surface area contributed by atoms with E-state index in [-0.39, 0.29) is 22.9 Å². The molecule has 0 bridgehead atoms. The van der Waals surface area contributed by atoms with Gasteiger partial charge in [-0.25, -0.2) is 22.0 Å². The smallest absolute Gasteiger partial charge is 0.266 e. The summed E-state index contributed by atoms with van der Waals surface area (Å²) in [7, 11) is 2.02. The summed E-state index contributed by atoms with van der Waals surface area (Å²) in [5.41, 5.74) is -2.23. The van der Waals surface area contributed by atoms with E-state index in [2.05, 4.69) is 15.5 Å². The zero-order chi connectivity index (χ0) is 26.9. The molecule has 0 spiro atoms. The number of pyridine rings is 1. The lowest BCUT2D eigenvalue weighted by molar-refractivity contribution is -0.146. The van der Waals surface area contributed by atoms with Gasteiger partial charge in [-0.05, 0) is 32.7 Å². The summed E-state index contributed by atoms with van der Waals surface area (Å²) in [5.74, 6) is -3.93. The Labute approximate surface area is 210 Å². The van der Waals surface area contributed by atoms with Crippen LogP contribution in [0.25, 0.3) is 0 Å². The molecule has 1 unspecified atom stereocenters. The number of hydrogen-bond donors (Lipinski definition) is 2. The molecule has 2 heterocycles. The fraction of sp³-hybridized carbons (Fsp3) is 0.538. The molecule has 0 radical (unpaired) electrons. The summed E-state index contributed by atoms with van der Waals surface area (Å²) in [5, 5.41) is 5.91. The predicted molar refractivity (Wildman–Crippen MR) is 128 cm³/mol. The molecule has 11 heteroatoms. The summed E-state index contributed by atoms with van der Waals surface area (Å²) in [6, 6.07) is 3.92. The number of carbonyl (C=O) groups excluding carboxylic acids is 1. The number of carbonyl (C=O) groups is 1. The van der Waals surface area contributed by atoms with Crippen LogP contribution in [-0.4, -0.2) is 47.5 Å². The molecule has 1 aromatic heterocycles. The molecule has 2 aliphatic carbocycles. The Bertz CT molecular complexity index is 1280. The first-order valence-corrected chi connectivity index (χ1v) is 12.3. The monoisotopic (exact) mass is 524 g/mol. The molecular formula is C26H29F5N4O2. The van der Waals surface area contributed by atoms with Crippen LogP contribution in [0.4, 0.5) is 27.6 Å². The van der Waals surface area contributed by atoms with Gasteiger partial charge >= 0.3 is 0 Å². The molecule has 4 atom stereocenters. The van der Waals surface area contributed by atoms with E-state index in [4.69, 9.17) is 0 Å². The molecule has 5 rings (SSSR count). The van der Waals surface area contributed by atoms with Gasteiger partial charge in [0.05, 0.1) is 28.4 Å². The molecule has 2 aromatic rings. The van der Waals surface area contributed by atoms with Crippen LogP contribution in [0.1, 0.15) is 60.6 Å². The third-order valence-corrected chi connectivity index (χ3v) is 7.97. The van der Waals surface area contributed by atoms with E-state index < -0.39 is 59.6 Å². The highest BCUT2D eigenvalue weighted by atomic mass is 19.3. The van der Waals surface area contributed by atoms with Gasteiger partial charge in [0.1, 0.15) is 5.82 Å². The van der Waals surface area contributed by atoms with Crippen LogP contribution in [0.5, 0.6) is 0 Å². The average Bonchev–Trinajstić information content (AvgIpc) is 3.22. The molecular weight excluding hydrogens is 495 g/mol. The maximum Gasteiger partial charge on any atom is 0.266 e. The van der Waals surface area contributed by atoms with Gasteiger partial charge in [-0.15, -0.1) is 0 Å². The highest BCUT2D eigenvalue weighted by Gasteiger charge is 2.56. The van der Waals surface area contributed by atoms with Crippen LogP contribution in [-0.2, 0) is 5.54 Å². The third kappa shape index (κ3) is 4.62. The number of anilines is 1. The van der Waals surface area contributed by atoms with E-state index in [0.717, 1.165) is 23.7 Å². The van der Waals surface area contributed by atoms with Crippen molar-refractivity contribution in [2.24, 2.45) is 11.8 Å². The number of fused-ring (bicyclic) bond motifs is 1. The van der Waals surface area contributed by atoms with Crippen LogP contribution in [0.3, 0.4) is 0 Å². The molecule has 2 N–H and O–H groups in total. The van der Waals surface area contributed by atoms with Gasteiger partial charge in [0, 0.05) is 49.8 Å². The lowest BCUT2D eigenvalue weighted by Crippen LogP contribution is -2.54. The number of alkyl halides is 4. The first-order chi connectivity index (χ1) is 17.3. The first kappa shape index (κ1) is 25.7. The maximum atomic E-state index is 14.7. The summed E-state index contributed by atoms with van der Waals surface area (Å²) in [6.07, 6.45) is -2.80. The SMILES string of the molecule is C[C@@H](NC(=O)c1cn(C2(C)CC(F)(F)C2)c(=O)cc1NC1[C@H]2CN(C)C[C@@H]12)c1cccc(C(F)F)c1F. The second kappa shape index (κ2) is 8.82. The Morgan fingerprint density at radius 1 is 1.14 bits per heavy atom. The fourth-order valence-corrected chi connectivity index (χ4v) is 6.04. The highest BCUT2D eigenvalue weighted by Crippen LogP contribution is 2.50. The average molecular weight is 525 g/mol. The van der Waals surface area contributed by atoms with Gasteiger partial charge in [-0.1, -0.05) is 18.2 Å². The van der Waals surface area contributed by atoms with E-state index >= 15 is 0 Å². The number of amides is 1. The molecule has 2 saturated carbocycles. The van der Waals surface area contributed by atoms with E-state index in [0.29, 0.717) is 11.8 Å². The Hall–Kier alpha value is -2.95. The second-order valence-corrected chi connectivity index (χ2v) is 11.0. The molecule has 3 aliphatic rings. The van der Waals surface area contributed by atoms with Crippen molar-refractivity contribution in [2.45, 2.75) is 56.7 Å². The first-order valence-electron chi connectivity index (χ1n) is 12.3. The summed E-state index contributed by atoms with van der Waals surface area (Å²) in [4.78, 5) is 28.6. The minimum Gasteiger partial charge on any atom is -0.381 e. The van der Waals surface area contributed by atoms with Crippen LogP contribution in [0, 0.1) is 17.7 Å². The van der Waals surface area contributed by atoms with Crippen molar-refractivity contribution in [2.75, 3.05) is 25.5 Å². The number of rotatable bonds is 7. The normalized spacial score (nSPS) is 26.4. The van der Waals surface area contributed by atoms with Gasteiger partial charge in [-0.2, -0.15) is 0 Å². The van der Waals surface area contributed by atoms with Gasteiger partial charge in [0.25, 0.3) is 23.8 Å². The van der Waals surface area contributed by atoms with Gasteiger partial charge in [0.15, 0.2) is 0 Å². The Morgan fingerprint density at radius 2 is 1.76 bits per heavy atom. The topological polar surface area (TPSA) is 66.4 Å². The van der Waals surface area contributed by atoms with Crippen LogP contribution < -0.4 is 16.2 Å². The van der Waals surface area contributed by atoms with Crippen molar-refractivity contribution < 1.29 is 26.7 Å². The van der Waals surface area contributed by atoms with Crippen molar-refractivity contribution in [3.63, 3.8) is 0 Å². The van der Waals surface area contributed by atoms with Crippen LogP contribution >= 0.6 is 0 Å². The Kier molecular flexibility index (Phi) is 6.12. The van der Waals surface area contributed by atoms with Crippen LogP contribution in [0.2, 0.25) is 0 Å². The lowest BCUT2D eigenvalue weighted by atomic mass is 9.74. The summed E-state index contributed by atoms with van der Waals surface area (Å²) in [6.45, 7) is 4.76. The van der Waals surface area contributed by atoms with E-state index in [1.54, 1.807) is 0 Å². The van der Waals surface area contributed by atoms with E-state index in [1.165, 1.54) is 38.2 Å². The van der Waals surface area contributed by atoms with Crippen molar-refractivity contribution in [3.8, 4) is 0 Å². The number of benzene rings is 1. The molecule has 1 saturated heterocycles. The van der Waals surface area contributed by atoms with Crippen molar-refractivity contribution >= 4 is 11.6 Å². The number of piperidine rings is 1. The third-order valence-electron chi connectivity index (χ3n) is 7.97. The lowest BCUT2D eigenvalue weighted by Gasteiger charge is -2.46. The molecule has 1 aliphatic heterocycles. The maximum absolute atomic E-state index is 14.7. The number of likely N-dealkylation sites (tertiary alicyclic amines) is 1. The number of aromatic nitrogens is 1. The number of halogens is 5. The van der Waals surface area contributed by atoms with Crippen molar-refractivity contribution in [3.05, 3.63) is 63.3 Å². The van der Waals surface area contributed by atoms with Gasteiger partial charge in [0.2, 0.25) is 0 Å². The summed E-state index contributed by atoms with van der Waals surface area (Å²) >= 11 is 0. The number of nitrogens with one attached hydrogen (secondary N) is 2. The molecule has 3 fully saturated rings. The Morgan fingerprint density at radius 3 is 2.35 bits per heavy atom. The fourth-order valence-electron chi connectivity index (χ4n) is 6.04. The number of nitrogens with zero attached hydrogens (tertiary/aromatic N) is 2. The Balaban J connectivity index is 1.45. The predicted octanol–water partition coefficient (Wildman–Crippen LogP) is 4.53. The van der Waals surface area contributed by atoms with E-state index in [9.17, 15) is 31.5 Å². The standard InChI is InChI=1S/C26H29F5N4O2/c1-13(14-5-4-6-15(21(14)27)23(28)29)32-24(37)18-10-35(25(2)11-26(30,31)12-25)20(36)7-19(18)33-22-16-8-34(3)9-17(16)22/h4-7,10,13,16-17,22-23,33H,8-9,11-12H2,1-3H3,(H,32,37)/t13-,16-,17+,22?/m1/s1. The van der Waals surface area contributed by atoms with Crippen molar-refractivity contribution in [1.82, 2.24) is 14.8 Å². The molecule has 37 heavy (non-hydrogen) atoms. The highest BCUT2D eigenvalue weighted by molar-refractivity contribution is 5.99. The van der Waals surface area contributed by atoms with Crippen LogP contribution in [0.15, 0.2) is 35.3 Å². The minimum absolute atomic E-state index is 0.0478. The van der Waals surface area contributed by atoms with Crippen molar-refractivity contribution in [1.29, 1.82) is 0 Å². The zero-order valence-electron chi connectivity index (χ0n) is 20.7. The quantitative estimate of drug-likeness (QED) is 0.523. The molecule has 1 aromatic carbocycles. The largest absolute Gasteiger partial charge is 0.381 e. The zero-order valence-corrected chi connectivity index (χ0v) is 20.7. The molecule has 200 valence electrons. The minimum atomic E-state index is -3.01. The second-order valence-electron chi connectivity index (χ2n) is 11.0. The molecule has 1 amide bonds. The van der Waals surface area contributed by atoms with Gasteiger partial charge in [-0.3, -0.25) is 9.59 Å². The number of hydrogen-bond acceptors (Lipinski definition) is 4. The van der Waals surface area contributed by atoms with Gasteiger partial charge < -0.3 is 20.1 Å². The molecule has 6 nitrogen and oxygen atoms in total. The summed E-state index contributed by atoms with van der Waals surface area (Å²) < 4.78 is 69.6.